The molecule has 1 heterocycles. The fourth-order valence-electron chi connectivity index (χ4n) is 1.37. The van der Waals surface area contributed by atoms with Crippen LogP contribution in [0.1, 0.15) is 24.6 Å². The molecule has 0 amide bonds. The molecular formula is C9H13BrN4O2S. The molecule has 6 nitrogen and oxygen atoms in total. The van der Waals surface area contributed by atoms with Crippen LogP contribution >= 0.6 is 15.9 Å². The van der Waals surface area contributed by atoms with Gasteiger partial charge in [0.25, 0.3) is 0 Å². The van der Waals surface area contributed by atoms with E-state index in [9.17, 15) is 8.42 Å². The van der Waals surface area contributed by atoms with Crippen molar-refractivity contribution in [1.82, 2.24) is 9.97 Å². The Balaban J connectivity index is 2.00. The molecule has 1 fully saturated rings. The summed E-state index contributed by atoms with van der Waals surface area (Å²) < 4.78 is 22.2. The quantitative estimate of drug-likeness (QED) is 0.782. The molecule has 0 unspecified atom stereocenters. The van der Waals surface area contributed by atoms with Crippen LogP contribution in [0.5, 0.6) is 0 Å². The first-order valence-electron chi connectivity index (χ1n) is 5.23. The zero-order valence-corrected chi connectivity index (χ0v) is 11.5. The molecule has 0 bridgehead atoms. The lowest BCUT2D eigenvalue weighted by Crippen LogP contribution is -2.22. The molecule has 1 aromatic rings. The highest BCUT2D eigenvalue weighted by Gasteiger charge is 2.27. The normalized spacial score (nSPS) is 15.9. The molecule has 1 aliphatic rings. The van der Waals surface area contributed by atoms with Crippen LogP contribution in [-0.4, -0.2) is 30.7 Å². The van der Waals surface area contributed by atoms with E-state index in [0.29, 0.717) is 16.3 Å². The molecular weight excluding hydrogens is 308 g/mol. The van der Waals surface area contributed by atoms with E-state index in [1.54, 1.807) is 6.07 Å². The second-order valence-electron chi connectivity index (χ2n) is 4.00. The minimum absolute atomic E-state index is 0.118. The average Bonchev–Trinajstić information content (AvgIpc) is 2.97. The van der Waals surface area contributed by atoms with Gasteiger partial charge in [0.2, 0.25) is 10.0 Å². The van der Waals surface area contributed by atoms with Crippen LogP contribution in [0.25, 0.3) is 0 Å². The number of nitrogens with two attached hydrogens (primary N) is 1. The maximum Gasteiger partial charge on any atom is 0.210 e. The predicted molar refractivity (Wildman–Crippen MR) is 68.2 cm³/mol. The van der Waals surface area contributed by atoms with Crippen LogP contribution in [0.2, 0.25) is 0 Å². The van der Waals surface area contributed by atoms with E-state index in [4.69, 9.17) is 5.14 Å². The van der Waals surface area contributed by atoms with E-state index in [1.807, 2.05) is 0 Å². The first-order valence-corrected chi connectivity index (χ1v) is 7.74. The van der Waals surface area contributed by atoms with Gasteiger partial charge in [-0.1, -0.05) is 0 Å². The van der Waals surface area contributed by atoms with Crippen LogP contribution in [-0.2, 0) is 10.0 Å². The van der Waals surface area contributed by atoms with Gasteiger partial charge in [-0.2, -0.15) is 0 Å². The number of aromatic nitrogens is 2. The number of anilines is 1. The number of hydrogen-bond acceptors (Lipinski definition) is 5. The summed E-state index contributed by atoms with van der Waals surface area (Å²) in [7, 11) is -3.44. The van der Waals surface area contributed by atoms with Gasteiger partial charge in [0.1, 0.15) is 16.2 Å². The molecule has 0 atom stereocenters. The summed E-state index contributed by atoms with van der Waals surface area (Å²) in [6.07, 6.45) is 2.24. The zero-order valence-electron chi connectivity index (χ0n) is 9.06. The third-order valence-electron chi connectivity index (χ3n) is 2.35. The van der Waals surface area contributed by atoms with Gasteiger partial charge in [0.05, 0.1) is 5.75 Å². The zero-order chi connectivity index (χ0) is 12.5. The second-order valence-corrected chi connectivity index (χ2v) is 6.55. The van der Waals surface area contributed by atoms with Crippen molar-refractivity contribution in [3.05, 3.63) is 16.5 Å². The number of nitrogens with one attached hydrogen (secondary N) is 1. The van der Waals surface area contributed by atoms with Gasteiger partial charge in [0, 0.05) is 18.5 Å². The summed E-state index contributed by atoms with van der Waals surface area (Å²) in [5.74, 6) is 1.76. The standard InChI is InChI=1S/C9H13BrN4O2S/c10-7-5-8(12-3-4-17(11,15)16)14-9(13-7)6-1-2-6/h5-6H,1-4H2,(H2,11,15,16)(H,12,13,14). The second kappa shape index (κ2) is 4.87. The molecule has 0 aromatic carbocycles. The lowest BCUT2D eigenvalue weighted by Gasteiger charge is -2.06. The Hall–Kier alpha value is -0.730. The topological polar surface area (TPSA) is 98.0 Å². The van der Waals surface area contributed by atoms with Gasteiger partial charge in [-0.15, -0.1) is 0 Å². The highest BCUT2D eigenvalue weighted by atomic mass is 79.9. The van der Waals surface area contributed by atoms with E-state index < -0.39 is 10.0 Å². The van der Waals surface area contributed by atoms with Gasteiger partial charge in [0.15, 0.2) is 0 Å². The lowest BCUT2D eigenvalue weighted by atomic mass is 10.4. The van der Waals surface area contributed by atoms with E-state index in [-0.39, 0.29) is 12.3 Å². The number of hydrogen-bond donors (Lipinski definition) is 2. The molecule has 1 saturated carbocycles. The Morgan fingerprint density at radius 3 is 2.76 bits per heavy atom. The van der Waals surface area contributed by atoms with Crippen molar-refractivity contribution in [3.8, 4) is 0 Å². The van der Waals surface area contributed by atoms with Crippen LogP contribution in [0.4, 0.5) is 5.82 Å². The van der Waals surface area contributed by atoms with Gasteiger partial charge in [-0.05, 0) is 28.8 Å². The fraction of sp³-hybridized carbons (Fsp3) is 0.556. The van der Waals surface area contributed by atoms with Crippen LogP contribution in [0.15, 0.2) is 10.7 Å². The SMILES string of the molecule is NS(=O)(=O)CCNc1cc(Br)nc(C2CC2)n1. The van der Waals surface area contributed by atoms with E-state index in [1.165, 1.54) is 0 Å². The molecule has 0 aliphatic heterocycles. The van der Waals surface area contributed by atoms with Gasteiger partial charge >= 0.3 is 0 Å². The molecule has 17 heavy (non-hydrogen) atoms. The first-order chi connectivity index (χ1) is 7.94. The maximum absolute atomic E-state index is 10.8. The summed E-state index contributed by atoms with van der Waals surface area (Å²) in [4.78, 5) is 8.60. The maximum atomic E-state index is 10.8. The van der Waals surface area contributed by atoms with E-state index >= 15 is 0 Å². The van der Waals surface area contributed by atoms with Gasteiger partial charge in [-0.25, -0.2) is 23.5 Å². The Kier molecular flexibility index (Phi) is 3.64. The van der Waals surface area contributed by atoms with E-state index in [2.05, 4.69) is 31.2 Å². The highest BCUT2D eigenvalue weighted by molar-refractivity contribution is 9.10. The molecule has 94 valence electrons. The molecule has 3 N–H and O–H groups in total. The lowest BCUT2D eigenvalue weighted by molar-refractivity contribution is 0.598. The predicted octanol–water partition coefficient (Wildman–Crippen LogP) is 0.817. The average molecular weight is 321 g/mol. The van der Waals surface area contributed by atoms with Crippen molar-refractivity contribution in [2.24, 2.45) is 5.14 Å². The monoisotopic (exact) mass is 320 g/mol. The van der Waals surface area contributed by atoms with Crippen LogP contribution in [0.3, 0.4) is 0 Å². The van der Waals surface area contributed by atoms with Crippen molar-refractivity contribution in [2.45, 2.75) is 18.8 Å². The molecule has 1 aromatic heterocycles. The number of nitrogens with zero attached hydrogens (tertiary/aromatic N) is 2. The smallest absolute Gasteiger partial charge is 0.210 e. The highest BCUT2D eigenvalue weighted by Crippen LogP contribution is 2.38. The van der Waals surface area contributed by atoms with Gasteiger partial charge < -0.3 is 5.32 Å². The fourth-order valence-corrected chi connectivity index (χ4v) is 2.16. The number of primary sulfonamides is 1. The van der Waals surface area contributed by atoms with E-state index in [0.717, 1.165) is 18.7 Å². The van der Waals surface area contributed by atoms with Crippen molar-refractivity contribution in [3.63, 3.8) is 0 Å². The molecule has 2 rings (SSSR count). The first kappa shape index (κ1) is 12.7. The Morgan fingerprint density at radius 2 is 2.18 bits per heavy atom. The molecule has 0 saturated heterocycles. The summed E-state index contributed by atoms with van der Waals surface area (Å²) in [5, 5.41) is 7.83. The molecule has 0 spiro atoms. The third kappa shape index (κ3) is 4.21. The molecule has 8 heteroatoms. The number of sulfonamides is 1. The Morgan fingerprint density at radius 1 is 1.47 bits per heavy atom. The third-order valence-corrected chi connectivity index (χ3v) is 3.53. The van der Waals surface area contributed by atoms with Crippen molar-refractivity contribution < 1.29 is 8.42 Å². The summed E-state index contributed by atoms with van der Waals surface area (Å²) in [6, 6.07) is 1.72. The van der Waals surface area contributed by atoms with Crippen molar-refractivity contribution in [1.29, 1.82) is 0 Å². The Labute approximate surface area is 108 Å². The van der Waals surface area contributed by atoms with Gasteiger partial charge in [-0.3, -0.25) is 0 Å². The number of rotatable bonds is 5. The minimum atomic E-state index is -3.44. The summed E-state index contributed by atoms with van der Waals surface area (Å²) >= 11 is 3.31. The summed E-state index contributed by atoms with van der Waals surface area (Å²) in [6.45, 7) is 0.242. The van der Waals surface area contributed by atoms with Crippen molar-refractivity contribution in [2.75, 3.05) is 17.6 Å². The minimum Gasteiger partial charge on any atom is -0.369 e. The molecule has 0 radical (unpaired) electrons. The van der Waals surface area contributed by atoms with Crippen LogP contribution < -0.4 is 10.5 Å². The molecule has 1 aliphatic carbocycles. The Bertz CT molecular complexity index is 516. The largest absolute Gasteiger partial charge is 0.369 e. The summed E-state index contributed by atoms with van der Waals surface area (Å²) in [5.41, 5.74) is 0. The van der Waals surface area contributed by atoms with Crippen molar-refractivity contribution >= 4 is 31.8 Å². The van der Waals surface area contributed by atoms with Crippen LogP contribution in [0, 0.1) is 0 Å². The number of halogens is 1.